The lowest BCUT2D eigenvalue weighted by Crippen LogP contribution is -2.51. The molecule has 4 fully saturated rings. The quantitative estimate of drug-likeness (QED) is 0.503. The number of Topliss-reactive ketones (excluding diaryl/α,β-unsaturated/α-hetero) is 1. The van der Waals surface area contributed by atoms with E-state index >= 15 is 0 Å². The van der Waals surface area contributed by atoms with Crippen LogP contribution in [0.4, 0.5) is 0 Å². The highest BCUT2D eigenvalue weighted by molar-refractivity contribution is 5.87. The van der Waals surface area contributed by atoms with Gasteiger partial charge in [-0.3, -0.25) is 4.79 Å². The summed E-state index contributed by atoms with van der Waals surface area (Å²) in [6.07, 6.45) is 13.4. The highest BCUT2D eigenvalue weighted by Gasteiger charge is 2.79. The molecule has 3 saturated carbocycles. The zero-order valence-electron chi connectivity index (χ0n) is 14.2. The normalized spacial score (nSPS) is 52.5. The number of carbonyl (C=O) groups is 1. The summed E-state index contributed by atoms with van der Waals surface area (Å²) in [5.41, 5.74) is 1.24. The highest BCUT2D eigenvalue weighted by Crippen LogP contribution is 2.73. The van der Waals surface area contributed by atoms with Crippen molar-refractivity contribution in [3.8, 4) is 0 Å². The van der Waals surface area contributed by atoms with Crippen LogP contribution in [0.5, 0.6) is 0 Å². The number of carbonyl (C=O) groups excluding carboxylic acids is 1. The van der Waals surface area contributed by atoms with Gasteiger partial charge < -0.3 is 14.2 Å². The summed E-state index contributed by atoms with van der Waals surface area (Å²) in [6.45, 7) is 2.20. The SMILES string of the molecule is C[C@]12CC=C3[C@@H](CC[C@@]45CC6(CC[C@@]34O5)OC=CO6)[C@@H]1CCC2=O. The van der Waals surface area contributed by atoms with Crippen LogP contribution >= 0.6 is 0 Å². The zero-order valence-corrected chi connectivity index (χ0v) is 14.2. The van der Waals surface area contributed by atoms with Gasteiger partial charge in [-0.05, 0) is 49.5 Å². The summed E-state index contributed by atoms with van der Waals surface area (Å²) in [6, 6.07) is 0. The lowest BCUT2D eigenvalue weighted by molar-refractivity contribution is -0.171. The molecule has 0 amide bonds. The van der Waals surface area contributed by atoms with Crippen molar-refractivity contribution in [3.05, 3.63) is 24.2 Å². The van der Waals surface area contributed by atoms with Crippen molar-refractivity contribution in [2.75, 3.05) is 0 Å². The van der Waals surface area contributed by atoms with Crippen molar-refractivity contribution in [1.82, 2.24) is 0 Å². The van der Waals surface area contributed by atoms with Crippen LogP contribution in [0.3, 0.4) is 0 Å². The van der Waals surface area contributed by atoms with Crippen molar-refractivity contribution < 1.29 is 19.0 Å². The number of ketones is 1. The number of allylic oxidation sites excluding steroid dienone is 1. The van der Waals surface area contributed by atoms with Gasteiger partial charge in [0.1, 0.15) is 29.5 Å². The molecule has 0 N–H and O–H groups in total. The summed E-state index contributed by atoms with van der Waals surface area (Å²) in [7, 11) is 0. The zero-order chi connectivity index (χ0) is 16.2. The molecule has 6 aliphatic rings. The van der Waals surface area contributed by atoms with E-state index in [0.29, 0.717) is 17.6 Å². The first-order valence-electron chi connectivity index (χ1n) is 9.47. The molecule has 0 aromatic rings. The number of hydrogen-bond donors (Lipinski definition) is 0. The number of fused-ring (bicyclic) bond motifs is 3. The molecule has 2 heterocycles. The van der Waals surface area contributed by atoms with E-state index in [1.54, 1.807) is 12.5 Å². The molecule has 128 valence electrons. The van der Waals surface area contributed by atoms with Crippen LogP contribution in [0, 0.1) is 17.3 Å². The molecule has 2 aliphatic heterocycles. The first kappa shape index (κ1) is 13.9. The molecule has 6 rings (SSSR count). The smallest absolute Gasteiger partial charge is 0.252 e. The Kier molecular flexibility index (Phi) is 2.28. The predicted molar refractivity (Wildman–Crippen MR) is 85.7 cm³/mol. The number of rotatable bonds is 0. The third-order valence-corrected chi connectivity index (χ3v) is 8.19. The van der Waals surface area contributed by atoms with E-state index in [1.807, 2.05) is 0 Å². The van der Waals surface area contributed by atoms with Gasteiger partial charge in [0.2, 0.25) is 0 Å². The summed E-state index contributed by atoms with van der Waals surface area (Å²) in [4.78, 5) is 12.4. The van der Waals surface area contributed by atoms with Gasteiger partial charge in [0.25, 0.3) is 5.79 Å². The Balaban J connectivity index is 1.37. The maximum Gasteiger partial charge on any atom is 0.252 e. The number of ether oxygens (including phenoxy) is 3. The lowest BCUT2D eigenvalue weighted by Gasteiger charge is -2.48. The van der Waals surface area contributed by atoms with Gasteiger partial charge in [0.15, 0.2) is 0 Å². The largest absolute Gasteiger partial charge is 0.457 e. The summed E-state index contributed by atoms with van der Waals surface area (Å²) in [5.74, 6) is 1.07. The Morgan fingerprint density at radius 2 is 1.96 bits per heavy atom. The minimum absolute atomic E-state index is 0.0799. The number of hydrogen-bond acceptors (Lipinski definition) is 4. The molecule has 0 bridgehead atoms. The van der Waals surface area contributed by atoms with Gasteiger partial charge >= 0.3 is 0 Å². The molecule has 0 radical (unpaired) electrons. The molecule has 24 heavy (non-hydrogen) atoms. The highest BCUT2D eigenvalue weighted by atomic mass is 16.7. The van der Waals surface area contributed by atoms with E-state index in [9.17, 15) is 4.79 Å². The van der Waals surface area contributed by atoms with E-state index in [1.165, 1.54) is 5.57 Å². The van der Waals surface area contributed by atoms with Crippen molar-refractivity contribution in [2.45, 2.75) is 75.3 Å². The maximum atomic E-state index is 12.4. The van der Waals surface area contributed by atoms with E-state index < -0.39 is 5.79 Å². The van der Waals surface area contributed by atoms with Gasteiger partial charge in [0, 0.05) is 18.3 Å². The van der Waals surface area contributed by atoms with Gasteiger partial charge in [-0.1, -0.05) is 13.0 Å². The topological polar surface area (TPSA) is 48.1 Å². The molecule has 1 spiro atoms. The second-order valence-electron chi connectivity index (χ2n) is 9.01. The maximum absolute atomic E-state index is 12.4. The van der Waals surface area contributed by atoms with Crippen LogP contribution < -0.4 is 0 Å². The van der Waals surface area contributed by atoms with Crippen molar-refractivity contribution in [3.63, 3.8) is 0 Å². The van der Waals surface area contributed by atoms with E-state index in [2.05, 4.69) is 13.0 Å². The predicted octanol–water partition coefficient (Wildman–Crippen LogP) is 3.62. The van der Waals surface area contributed by atoms with Crippen molar-refractivity contribution in [2.24, 2.45) is 17.3 Å². The molecular formula is C20H24O4. The average molecular weight is 328 g/mol. The molecule has 0 unspecified atom stereocenters. The van der Waals surface area contributed by atoms with Crippen LogP contribution in [0.15, 0.2) is 24.2 Å². The fourth-order valence-electron chi connectivity index (χ4n) is 6.90. The molecule has 0 aromatic carbocycles. The fourth-order valence-corrected chi connectivity index (χ4v) is 6.90. The van der Waals surface area contributed by atoms with E-state index in [4.69, 9.17) is 14.2 Å². The Labute approximate surface area is 142 Å². The minimum Gasteiger partial charge on any atom is -0.457 e. The molecule has 1 saturated heterocycles. The van der Waals surface area contributed by atoms with Crippen molar-refractivity contribution >= 4 is 5.78 Å². The molecule has 4 aliphatic carbocycles. The molecule has 0 aromatic heterocycles. The third-order valence-electron chi connectivity index (χ3n) is 8.19. The molecule has 4 heteroatoms. The van der Waals surface area contributed by atoms with Gasteiger partial charge in [0.05, 0.1) is 6.42 Å². The number of epoxide rings is 1. The van der Waals surface area contributed by atoms with Crippen molar-refractivity contribution in [1.29, 1.82) is 0 Å². The Bertz CT molecular complexity index is 700. The minimum atomic E-state index is -0.486. The fraction of sp³-hybridized carbons (Fsp3) is 0.750. The Morgan fingerprint density at radius 3 is 2.79 bits per heavy atom. The monoisotopic (exact) mass is 328 g/mol. The first-order valence-corrected chi connectivity index (χ1v) is 9.47. The van der Waals surface area contributed by atoms with E-state index in [0.717, 1.165) is 51.4 Å². The second kappa shape index (κ2) is 3.92. The van der Waals surface area contributed by atoms with Crippen LogP contribution in [-0.4, -0.2) is 22.8 Å². The standard InChI is InChI=1S/C20H24O4/c1-17-6-5-15-13(14(17)2-3-16(17)21)4-7-18-12-19(22-10-11-23-19)8-9-20(15,18)24-18/h5,10-11,13-14H,2-4,6-9,12H2,1H3/t13-,14-,17-,18+,20+/m0/s1. The summed E-state index contributed by atoms with van der Waals surface area (Å²) < 4.78 is 18.2. The third kappa shape index (κ3) is 1.37. The van der Waals surface area contributed by atoms with Crippen LogP contribution in [-0.2, 0) is 19.0 Å². The first-order chi connectivity index (χ1) is 11.5. The van der Waals surface area contributed by atoms with E-state index in [-0.39, 0.29) is 16.6 Å². The summed E-state index contributed by atoms with van der Waals surface area (Å²) >= 11 is 0. The van der Waals surface area contributed by atoms with Crippen LogP contribution in [0.2, 0.25) is 0 Å². The molecular weight excluding hydrogens is 304 g/mol. The molecule has 5 atom stereocenters. The average Bonchev–Trinajstić information content (AvgIpc) is 2.88. The Morgan fingerprint density at radius 1 is 1.12 bits per heavy atom. The summed E-state index contributed by atoms with van der Waals surface area (Å²) in [5, 5.41) is 0. The van der Waals surface area contributed by atoms with Gasteiger partial charge in [-0.15, -0.1) is 0 Å². The molecule has 4 nitrogen and oxygen atoms in total. The van der Waals surface area contributed by atoms with Gasteiger partial charge in [-0.2, -0.15) is 0 Å². The lowest BCUT2D eigenvalue weighted by atomic mass is 9.54. The van der Waals surface area contributed by atoms with Crippen LogP contribution in [0.25, 0.3) is 0 Å². The second-order valence-corrected chi connectivity index (χ2v) is 9.01. The van der Waals surface area contributed by atoms with Gasteiger partial charge in [-0.25, -0.2) is 0 Å². The van der Waals surface area contributed by atoms with Crippen LogP contribution in [0.1, 0.15) is 58.3 Å². The Hall–Kier alpha value is -1.29.